The molecule has 6 fully saturated rings. The van der Waals surface area contributed by atoms with Crippen molar-refractivity contribution in [2.45, 2.75) is 110 Å². The Kier molecular flexibility index (Phi) is 7.32. The van der Waals surface area contributed by atoms with Crippen LogP contribution >= 0.6 is 12.2 Å². The first-order valence-corrected chi connectivity index (χ1v) is 17.1. The summed E-state index contributed by atoms with van der Waals surface area (Å²) in [6, 6.07) is 8.30. The van der Waals surface area contributed by atoms with E-state index in [1.54, 1.807) is 0 Å². The molecule has 7 rings (SSSR count). The molecule has 0 amide bonds. The maximum absolute atomic E-state index is 10.6. The zero-order valence-corrected chi connectivity index (χ0v) is 27.0. The Morgan fingerprint density at radius 1 is 1.02 bits per heavy atom. The van der Waals surface area contributed by atoms with Gasteiger partial charge in [-0.25, -0.2) is 0 Å². The SMILES string of the molecule is Cc1ccc(NC(=S)N/N=C2\C[C@H]3[C@@H](CC[C@H]4C[C@@H](O)CC[C@@]43C)[C@@H]3C[C@@H]4O[C@]5(CC[C@@H](C)CO5)[C@@H](C)[C@@H]4[C@@]23C)cc1. The minimum atomic E-state index is -0.448. The number of rotatable bonds is 2. The van der Waals surface area contributed by atoms with Crippen LogP contribution in [0.1, 0.15) is 91.0 Å². The molecule has 42 heavy (non-hydrogen) atoms. The molecule has 1 aromatic carbocycles. The van der Waals surface area contributed by atoms with E-state index in [-0.39, 0.29) is 23.0 Å². The van der Waals surface area contributed by atoms with E-state index in [1.807, 2.05) is 0 Å². The van der Waals surface area contributed by atoms with Crippen molar-refractivity contribution in [3.63, 3.8) is 0 Å². The number of aliphatic hydroxyl groups excluding tert-OH is 1. The van der Waals surface area contributed by atoms with Crippen LogP contribution in [0.15, 0.2) is 29.4 Å². The van der Waals surface area contributed by atoms with E-state index in [2.05, 4.69) is 69.6 Å². The van der Waals surface area contributed by atoms with Crippen LogP contribution in [-0.4, -0.2) is 40.5 Å². The highest BCUT2D eigenvalue weighted by Gasteiger charge is 2.71. The zero-order chi connectivity index (χ0) is 29.4. The molecule has 0 bridgehead atoms. The third-order valence-electron chi connectivity index (χ3n) is 13.4. The molecule has 4 saturated carbocycles. The molecule has 2 saturated heterocycles. The van der Waals surface area contributed by atoms with Crippen molar-refractivity contribution in [3.05, 3.63) is 29.8 Å². The molecule has 0 unspecified atom stereocenters. The third-order valence-corrected chi connectivity index (χ3v) is 13.6. The molecule has 6 nitrogen and oxygen atoms in total. The van der Waals surface area contributed by atoms with Crippen molar-refractivity contribution in [2.75, 3.05) is 11.9 Å². The summed E-state index contributed by atoms with van der Waals surface area (Å²) in [4.78, 5) is 0. The normalized spacial score (nSPS) is 48.7. The minimum Gasteiger partial charge on any atom is -0.393 e. The standard InChI is InChI=1S/C35H51N3O3S/c1-20-6-9-24(10-7-20)36-32(42)38-37-30-18-27-26(11-8-23-16-25(39)13-14-33(23,27)4)28-17-29-31(34(28,30)5)22(3)35(41-29)15-12-21(2)19-40-35/h6-7,9-10,21-23,25-29,31,39H,8,11-19H2,1-5H3,(H2,36,38,42)/b37-30+/t21-,22+,23+,25+,26-,27+,28+,29+,31+,33+,34-,35-/m1/s1. The predicted octanol–water partition coefficient (Wildman–Crippen LogP) is 7.05. The molecular formula is C35H51N3O3S. The Hall–Kier alpha value is -1.54. The monoisotopic (exact) mass is 593 g/mol. The van der Waals surface area contributed by atoms with E-state index in [1.165, 1.54) is 30.5 Å². The van der Waals surface area contributed by atoms with Crippen molar-refractivity contribution >= 4 is 28.7 Å². The molecule has 4 aliphatic carbocycles. The van der Waals surface area contributed by atoms with Gasteiger partial charge in [0, 0.05) is 35.1 Å². The number of nitrogens with zero attached hydrogens (tertiary/aromatic N) is 1. The van der Waals surface area contributed by atoms with Gasteiger partial charge in [-0.05, 0) is 118 Å². The Balaban J connectivity index is 1.21. The maximum atomic E-state index is 10.6. The quantitative estimate of drug-likeness (QED) is 0.252. The molecule has 0 radical (unpaired) electrons. The lowest BCUT2D eigenvalue weighted by Crippen LogP contribution is -2.58. The smallest absolute Gasteiger partial charge is 0.191 e. The van der Waals surface area contributed by atoms with Gasteiger partial charge in [0.05, 0.1) is 18.8 Å². The van der Waals surface area contributed by atoms with Gasteiger partial charge >= 0.3 is 0 Å². The molecule has 230 valence electrons. The van der Waals surface area contributed by atoms with Crippen molar-refractivity contribution < 1.29 is 14.6 Å². The number of aliphatic hydroxyl groups is 1. The molecule has 1 spiro atoms. The van der Waals surface area contributed by atoms with Crippen LogP contribution in [0.4, 0.5) is 5.69 Å². The summed E-state index contributed by atoms with van der Waals surface area (Å²) in [7, 11) is 0. The van der Waals surface area contributed by atoms with Gasteiger partial charge in [0.1, 0.15) is 0 Å². The maximum Gasteiger partial charge on any atom is 0.191 e. The van der Waals surface area contributed by atoms with Gasteiger partial charge in [0.15, 0.2) is 10.9 Å². The first-order valence-electron chi connectivity index (χ1n) is 16.7. The summed E-state index contributed by atoms with van der Waals surface area (Å²) >= 11 is 5.76. The van der Waals surface area contributed by atoms with E-state index in [9.17, 15) is 5.11 Å². The second kappa shape index (κ2) is 10.5. The summed E-state index contributed by atoms with van der Waals surface area (Å²) < 4.78 is 13.6. The summed E-state index contributed by atoms with van der Waals surface area (Å²) in [5, 5.41) is 19.7. The van der Waals surface area contributed by atoms with Crippen molar-refractivity contribution in [1.82, 2.24) is 5.43 Å². The van der Waals surface area contributed by atoms with E-state index in [0.29, 0.717) is 46.5 Å². The van der Waals surface area contributed by atoms with E-state index < -0.39 is 5.79 Å². The van der Waals surface area contributed by atoms with E-state index in [4.69, 9.17) is 26.8 Å². The van der Waals surface area contributed by atoms with Gasteiger partial charge in [0.2, 0.25) is 0 Å². The van der Waals surface area contributed by atoms with Crippen molar-refractivity contribution in [3.8, 4) is 0 Å². The molecule has 7 heteroatoms. The van der Waals surface area contributed by atoms with Gasteiger partial charge in [-0.3, -0.25) is 5.43 Å². The number of hydrogen-bond acceptors (Lipinski definition) is 5. The van der Waals surface area contributed by atoms with Crippen LogP contribution in [0.2, 0.25) is 0 Å². The Morgan fingerprint density at radius 3 is 2.55 bits per heavy atom. The highest BCUT2D eigenvalue weighted by Crippen LogP contribution is 2.70. The average Bonchev–Trinajstić information content (AvgIpc) is 3.41. The van der Waals surface area contributed by atoms with Crippen molar-refractivity contribution in [1.29, 1.82) is 0 Å². The summed E-state index contributed by atoms with van der Waals surface area (Å²) in [5.74, 6) is 3.24. The average molecular weight is 594 g/mol. The first kappa shape index (κ1) is 29.2. The molecule has 2 aliphatic heterocycles. The van der Waals surface area contributed by atoms with Gasteiger partial charge in [-0.1, -0.05) is 45.4 Å². The second-order valence-electron chi connectivity index (χ2n) is 15.5. The lowest BCUT2D eigenvalue weighted by molar-refractivity contribution is -0.272. The number of benzene rings is 1. The van der Waals surface area contributed by atoms with Gasteiger partial charge in [-0.15, -0.1) is 0 Å². The Bertz CT molecular complexity index is 1230. The number of hydrazone groups is 1. The number of aryl methyl sites for hydroxylation is 1. The Morgan fingerprint density at radius 2 is 1.81 bits per heavy atom. The summed E-state index contributed by atoms with van der Waals surface area (Å²) in [5.41, 5.74) is 6.97. The van der Waals surface area contributed by atoms with Gasteiger partial charge < -0.3 is 19.9 Å². The molecule has 12 atom stereocenters. The van der Waals surface area contributed by atoms with Crippen LogP contribution < -0.4 is 10.7 Å². The minimum absolute atomic E-state index is 0.0645. The van der Waals surface area contributed by atoms with Crippen LogP contribution in [0.3, 0.4) is 0 Å². The lowest BCUT2D eigenvalue weighted by Gasteiger charge is -2.61. The third kappa shape index (κ3) is 4.50. The van der Waals surface area contributed by atoms with Gasteiger partial charge in [0.25, 0.3) is 0 Å². The summed E-state index contributed by atoms with van der Waals surface area (Å²) in [6.45, 7) is 12.6. The number of anilines is 1. The summed E-state index contributed by atoms with van der Waals surface area (Å²) in [6.07, 6.45) is 9.85. The molecule has 6 aliphatic rings. The highest BCUT2D eigenvalue weighted by atomic mass is 32.1. The fourth-order valence-corrected chi connectivity index (χ4v) is 11.2. The highest BCUT2D eigenvalue weighted by molar-refractivity contribution is 7.80. The van der Waals surface area contributed by atoms with Crippen molar-refractivity contribution in [2.24, 2.45) is 57.4 Å². The molecule has 0 aromatic heterocycles. The fraction of sp³-hybridized carbons (Fsp3) is 0.771. The fourth-order valence-electron chi connectivity index (χ4n) is 11.0. The van der Waals surface area contributed by atoms with Crippen LogP contribution in [0, 0.1) is 59.2 Å². The topological polar surface area (TPSA) is 75.1 Å². The first-order chi connectivity index (χ1) is 20.0. The van der Waals surface area contributed by atoms with Gasteiger partial charge in [-0.2, -0.15) is 5.10 Å². The van der Waals surface area contributed by atoms with E-state index >= 15 is 0 Å². The molecular weight excluding hydrogens is 542 g/mol. The lowest BCUT2D eigenvalue weighted by atomic mass is 9.44. The zero-order valence-electron chi connectivity index (χ0n) is 26.2. The number of ether oxygens (including phenoxy) is 2. The molecule has 2 heterocycles. The molecule has 1 aromatic rings. The number of hydrogen-bond donors (Lipinski definition) is 3. The number of fused-ring (bicyclic) bond motifs is 7. The second-order valence-corrected chi connectivity index (χ2v) is 15.9. The largest absolute Gasteiger partial charge is 0.393 e. The van der Waals surface area contributed by atoms with E-state index in [0.717, 1.165) is 50.8 Å². The van der Waals surface area contributed by atoms with Crippen LogP contribution in [-0.2, 0) is 9.47 Å². The van der Waals surface area contributed by atoms with Crippen LogP contribution in [0.5, 0.6) is 0 Å². The predicted molar refractivity (Wildman–Crippen MR) is 171 cm³/mol. The number of thiocarbonyl (C=S) groups is 1. The van der Waals surface area contributed by atoms with Crippen LogP contribution in [0.25, 0.3) is 0 Å². The number of nitrogens with one attached hydrogen (secondary N) is 2. The molecule has 3 N–H and O–H groups in total. The Labute approximate surface area is 257 Å².